The maximum absolute atomic E-state index is 12.3. The third-order valence-corrected chi connectivity index (χ3v) is 3.52. The number of hydrogen-bond donors (Lipinski definition) is 0. The number of rotatable bonds is 11. The number of carbonyl (C=O) groups excluding carboxylic acids is 2. The van der Waals surface area contributed by atoms with Crippen molar-refractivity contribution in [3.63, 3.8) is 0 Å². The Hall–Kier alpha value is -1.06. The molecule has 0 heterocycles. The maximum Gasteiger partial charge on any atom is 0.323 e. The lowest BCUT2D eigenvalue weighted by Gasteiger charge is -2.25. The molecule has 1 unspecified atom stereocenters. The van der Waals surface area contributed by atoms with E-state index >= 15 is 0 Å². The van der Waals surface area contributed by atoms with Crippen LogP contribution in [-0.4, -0.2) is 24.6 Å². The Labute approximate surface area is 129 Å². The first kappa shape index (κ1) is 19.9. The normalized spacial score (nSPS) is 12.8. The van der Waals surface area contributed by atoms with Crippen molar-refractivity contribution in [1.29, 1.82) is 0 Å². The van der Waals surface area contributed by atoms with Crippen LogP contribution in [0.25, 0.3) is 0 Å². The summed E-state index contributed by atoms with van der Waals surface area (Å²) in [4.78, 5) is 24.3. The van der Waals surface area contributed by atoms with Gasteiger partial charge >= 0.3 is 11.9 Å². The number of esters is 2. The fourth-order valence-electron chi connectivity index (χ4n) is 1.89. The van der Waals surface area contributed by atoms with Crippen molar-refractivity contribution in [3.05, 3.63) is 0 Å². The summed E-state index contributed by atoms with van der Waals surface area (Å²) in [6, 6.07) is 0. The van der Waals surface area contributed by atoms with Crippen molar-refractivity contribution in [2.75, 3.05) is 6.61 Å². The minimum Gasteiger partial charge on any atom is -0.465 e. The molecule has 0 aromatic heterocycles. The largest absolute Gasteiger partial charge is 0.465 e. The van der Waals surface area contributed by atoms with E-state index in [-0.39, 0.29) is 6.10 Å². The first-order valence-electron chi connectivity index (χ1n) is 8.28. The van der Waals surface area contributed by atoms with Gasteiger partial charge < -0.3 is 9.47 Å². The molecular weight excluding hydrogens is 268 g/mol. The Kier molecular flexibility index (Phi) is 10.1. The van der Waals surface area contributed by atoms with Gasteiger partial charge in [0.1, 0.15) is 6.10 Å². The molecule has 1 atom stereocenters. The second-order valence-electron chi connectivity index (χ2n) is 6.07. The minimum absolute atomic E-state index is 0.0924. The van der Waals surface area contributed by atoms with Crippen LogP contribution in [0.2, 0.25) is 0 Å². The highest BCUT2D eigenvalue weighted by molar-refractivity contribution is 5.99. The van der Waals surface area contributed by atoms with E-state index in [4.69, 9.17) is 9.47 Å². The second kappa shape index (κ2) is 10.6. The topological polar surface area (TPSA) is 52.6 Å². The van der Waals surface area contributed by atoms with Gasteiger partial charge in [-0.25, -0.2) is 0 Å². The van der Waals surface area contributed by atoms with Gasteiger partial charge in [0.15, 0.2) is 5.41 Å². The summed E-state index contributed by atoms with van der Waals surface area (Å²) < 4.78 is 10.7. The van der Waals surface area contributed by atoms with Gasteiger partial charge in [0.05, 0.1) is 6.61 Å². The Balaban J connectivity index is 4.51. The van der Waals surface area contributed by atoms with Crippen LogP contribution >= 0.6 is 0 Å². The van der Waals surface area contributed by atoms with E-state index in [0.29, 0.717) is 6.61 Å². The van der Waals surface area contributed by atoms with Crippen molar-refractivity contribution in [2.45, 2.75) is 85.7 Å². The van der Waals surface area contributed by atoms with E-state index in [1.54, 1.807) is 13.8 Å². The predicted molar refractivity (Wildman–Crippen MR) is 84.0 cm³/mol. The molecule has 0 saturated heterocycles. The monoisotopic (exact) mass is 300 g/mol. The molecule has 0 aromatic rings. The number of unbranched alkanes of at least 4 members (excludes halogenated alkanes) is 2. The molecule has 4 nitrogen and oxygen atoms in total. The molecule has 124 valence electrons. The second-order valence-corrected chi connectivity index (χ2v) is 6.07. The fourth-order valence-corrected chi connectivity index (χ4v) is 1.89. The van der Waals surface area contributed by atoms with Crippen LogP contribution in [0.15, 0.2) is 0 Å². The number of carbonyl (C=O) groups is 2. The zero-order valence-electron chi connectivity index (χ0n) is 14.4. The van der Waals surface area contributed by atoms with Crippen molar-refractivity contribution in [2.24, 2.45) is 5.41 Å². The highest BCUT2D eigenvalue weighted by Crippen LogP contribution is 2.23. The number of ether oxygens (including phenoxy) is 2. The average molecular weight is 300 g/mol. The molecule has 0 amide bonds. The molecule has 0 bridgehead atoms. The summed E-state index contributed by atoms with van der Waals surface area (Å²) in [5, 5.41) is 0. The van der Waals surface area contributed by atoms with Gasteiger partial charge in [-0.15, -0.1) is 0 Å². The summed E-state index contributed by atoms with van der Waals surface area (Å²) in [6.07, 6.45) is 6.43. The SMILES string of the molecule is CCCCOC(=O)C(C)(C)C(=O)OC(CCC)CCCC. The van der Waals surface area contributed by atoms with Gasteiger partial charge in [0, 0.05) is 0 Å². The van der Waals surface area contributed by atoms with E-state index in [1.165, 1.54) is 0 Å². The van der Waals surface area contributed by atoms with Crippen LogP contribution in [0.4, 0.5) is 0 Å². The molecule has 0 spiro atoms. The summed E-state index contributed by atoms with van der Waals surface area (Å²) in [7, 11) is 0. The molecule has 0 aromatic carbocycles. The minimum atomic E-state index is -1.23. The fraction of sp³-hybridized carbons (Fsp3) is 0.882. The van der Waals surface area contributed by atoms with Crippen molar-refractivity contribution < 1.29 is 19.1 Å². The Morgan fingerprint density at radius 2 is 1.52 bits per heavy atom. The standard InChI is InChI=1S/C17H32O4/c1-6-9-12-14(11-8-3)21-16(19)17(4,5)15(18)20-13-10-7-2/h14H,6-13H2,1-5H3. The lowest BCUT2D eigenvalue weighted by atomic mass is 9.93. The van der Waals surface area contributed by atoms with E-state index < -0.39 is 17.4 Å². The van der Waals surface area contributed by atoms with Gasteiger partial charge in [-0.05, 0) is 33.1 Å². The van der Waals surface area contributed by atoms with Gasteiger partial charge in [-0.1, -0.05) is 46.5 Å². The van der Waals surface area contributed by atoms with E-state index in [2.05, 4.69) is 13.8 Å². The zero-order chi connectivity index (χ0) is 16.3. The van der Waals surface area contributed by atoms with Crippen LogP contribution in [0, 0.1) is 5.41 Å². The van der Waals surface area contributed by atoms with Gasteiger partial charge in [0.2, 0.25) is 0 Å². The first-order chi connectivity index (χ1) is 9.89. The third kappa shape index (κ3) is 7.49. The first-order valence-corrected chi connectivity index (χ1v) is 8.28. The highest BCUT2D eigenvalue weighted by atomic mass is 16.6. The molecule has 0 rings (SSSR count). The summed E-state index contributed by atoms with van der Waals surface area (Å²) >= 11 is 0. The molecule has 0 aliphatic carbocycles. The van der Waals surface area contributed by atoms with Crippen LogP contribution in [0.5, 0.6) is 0 Å². The van der Waals surface area contributed by atoms with E-state index in [1.807, 2.05) is 6.92 Å². The molecule has 0 fully saturated rings. The van der Waals surface area contributed by atoms with Crippen LogP contribution in [0.3, 0.4) is 0 Å². The zero-order valence-corrected chi connectivity index (χ0v) is 14.4. The summed E-state index contributed by atoms with van der Waals surface area (Å²) in [5.41, 5.74) is -1.23. The van der Waals surface area contributed by atoms with Crippen LogP contribution in [-0.2, 0) is 19.1 Å². The van der Waals surface area contributed by atoms with E-state index in [9.17, 15) is 9.59 Å². The average Bonchev–Trinajstić information content (AvgIpc) is 2.44. The molecule has 21 heavy (non-hydrogen) atoms. The molecule has 0 aliphatic heterocycles. The summed E-state index contributed by atoms with van der Waals surface area (Å²) in [5.74, 6) is -0.967. The molecule has 0 saturated carbocycles. The number of hydrogen-bond acceptors (Lipinski definition) is 4. The molecule has 0 radical (unpaired) electrons. The van der Waals surface area contributed by atoms with Crippen LogP contribution in [0.1, 0.15) is 79.6 Å². The molecule has 0 aliphatic rings. The quantitative estimate of drug-likeness (QED) is 0.325. The van der Waals surface area contributed by atoms with Gasteiger partial charge in [0.25, 0.3) is 0 Å². The highest BCUT2D eigenvalue weighted by Gasteiger charge is 2.40. The van der Waals surface area contributed by atoms with Crippen molar-refractivity contribution in [1.82, 2.24) is 0 Å². The Morgan fingerprint density at radius 1 is 0.905 bits per heavy atom. The van der Waals surface area contributed by atoms with Gasteiger partial charge in [-0.3, -0.25) is 9.59 Å². The summed E-state index contributed by atoms with van der Waals surface area (Å²) in [6.45, 7) is 9.71. The van der Waals surface area contributed by atoms with Crippen LogP contribution < -0.4 is 0 Å². The predicted octanol–water partition coefficient (Wildman–Crippen LogP) is 4.26. The lowest BCUT2D eigenvalue weighted by molar-refractivity contribution is -0.173. The van der Waals surface area contributed by atoms with Crippen molar-refractivity contribution in [3.8, 4) is 0 Å². The lowest BCUT2D eigenvalue weighted by Crippen LogP contribution is -2.38. The smallest absolute Gasteiger partial charge is 0.323 e. The van der Waals surface area contributed by atoms with Gasteiger partial charge in [-0.2, -0.15) is 0 Å². The molecule has 0 N–H and O–H groups in total. The Morgan fingerprint density at radius 3 is 2.05 bits per heavy atom. The Bertz CT molecular complexity index is 310. The van der Waals surface area contributed by atoms with Crippen molar-refractivity contribution >= 4 is 11.9 Å². The third-order valence-electron chi connectivity index (χ3n) is 3.52. The maximum atomic E-state index is 12.3. The van der Waals surface area contributed by atoms with E-state index in [0.717, 1.165) is 44.9 Å². The molecule has 4 heteroatoms. The molecular formula is C17H32O4.